The third-order valence-corrected chi connectivity index (χ3v) is 4.85. The minimum atomic E-state index is -0.650. The molecule has 2 amide bonds. The van der Waals surface area contributed by atoms with E-state index in [1.165, 1.54) is 0 Å². The van der Waals surface area contributed by atoms with Crippen LogP contribution < -0.4 is 20.5 Å². The lowest BCUT2D eigenvalue weighted by Gasteiger charge is -2.29. The number of aromatic nitrogens is 1. The van der Waals surface area contributed by atoms with E-state index in [1.54, 1.807) is 4.90 Å². The highest BCUT2D eigenvalue weighted by atomic mass is 16.2. The van der Waals surface area contributed by atoms with Gasteiger partial charge in [0, 0.05) is 17.7 Å². The first-order valence-electron chi connectivity index (χ1n) is 8.05. The molecule has 1 aromatic heterocycles. The summed E-state index contributed by atoms with van der Waals surface area (Å²) in [5, 5.41) is 2.89. The van der Waals surface area contributed by atoms with Gasteiger partial charge in [0.25, 0.3) is 11.7 Å². The summed E-state index contributed by atoms with van der Waals surface area (Å²) in [7, 11) is 0. The van der Waals surface area contributed by atoms with Crippen molar-refractivity contribution in [2.75, 3.05) is 10.2 Å². The third kappa shape index (κ3) is 2.11. The molecular weight excluding hydrogens is 304 g/mol. The van der Waals surface area contributed by atoms with Crippen LogP contribution in [0.15, 0.2) is 48.7 Å². The molecular formula is C18H19N4O2+. The van der Waals surface area contributed by atoms with Crippen LogP contribution in [0.2, 0.25) is 0 Å². The molecule has 122 valence electrons. The van der Waals surface area contributed by atoms with Gasteiger partial charge in [0.05, 0.1) is 6.20 Å². The molecule has 0 spiro atoms. The quantitative estimate of drug-likeness (QED) is 0.801. The molecule has 6 nitrogen and oxygen atoms in total. The van der Waals surface area contributed by atoms with E-state index in [-0.39, 0.29) is 17.9 Å². The smallest absolute Gasteiger partial charge is 0.322 e. The normalized spacial score (nSPS) is 24.7. The molecule has 0 fully saturated rings. The standard InChI is InChI=1S/C18H18N4O2/c1-11-15(19)18(24)22-14(10-12-6-5-9-21(11)17(12)22)16(23)20-13-7-3-2-4-8-13/h2-9,11,14-15H,10,19H2,1H3/p+1/t11?,14-,15-/m0/s1. The van der Waals surface area contributed by atoms with E-state index in [1.807, 2.05) is 60.2 Å². The molecule has 0 aliphatic carbocycles. The van der Waals surface area contributed by atoms with Crippen molar-refractivity contribution in [3.63, 3.8) is 0 Å². The molecule has 3 N–H and O–H groups in total. The zero-order valence-corrected chi connectivity index (χ0v) is 13.3. The average Bonchev–Trinajstić information content (AvgIpc) is 2.99. The van der Waals surface area contributed by atoms with Crippen molar-refractivity contribution in [3.05, 3.63) is 54.2 Å². The Morgan fingerprint density at radius 2 is 2.00 bits per heavy atom. The number of nitrogens with zero attached hydrogens (tertiary/aromatic N) is 2. The van der Waals surface area contributed by atoms with Gasteiger partial charge in [-0.15, -0.1) is 0 Å². The summed E-state index contributed by atoms with van der Waals surface area (Å²) in [5.41, 5.74) is 7.81. The Labute approximate surface area is 139 Å². The van der Waals surface area contributed by atoms with Crippen molar-refractivity contribution in [1.82, 2.24) is 0 Å². The van der Waals surface area contributed by atoms with Crippen molar-refractivity contribution in [1.29, 1.82) is 0 Å². The summed E-state index contributed by atoms with van der Waals surface area (Å²) in [6.45, 7) is 1.93. The molecule has 2 aromatic rings. The zero-order valence-electron chi connectivity index (χ0n) is 13.3. The predicted molar refractivity (Wildman–Crippen MR) is 89.4 cm³/mol. The zero-order chi connectivity index (χ0) is 16.8. The molecule has 4 rings (SSSR count). The minimum absolute atomic E-state index is 0.125. The second-order valence-electron chi connectivity index (χ2n) is 6.31. The van der Waals surface area contributed by atoms with E-state index in [9.17, 15) is 9.59 Å². The Morgan fingerprint density at radius 3 is 2.75 bits per heavy atom. The molecule has 3 heterocycles. The third-order valence-electron chi connectivity index (χ3n) is 4.85. The summed E-state index contributed by atoms with van der Waals surface area (Å²) in [5.74, 6) is 0.407. The van der Waals surface area contributed by atoms with Crippen molar-refractivity contribution in [3.8, 4) is 0 Å². The van der Waals surface area contributed by atoms with Gasteiger partial charge < -0.3 is 11.1 Å². The lowest BCUT2D eigenvalue weighted by Crippen LogP contribution is -2.65. The molecule has 0 radical (unpaired) electrons. The van der Waals surface area contributed by atoms with Gasteiger partial charge in [-0.25, -0.2) is 9.36 Å². The highest BCUT2D eigenvalue weighted by Crippen LogP contribution is 2.34. The second kappa shape index (κ2) is 5.42. The fraction of sp³-hybridized carbons (Fsp3) is 0.278. The summed E-state index contributed by atoms with van der Waals surface area (Å²) in [6, 6.07) is 11.8. The number of amides is 2. The molecule has 6 heteroatoms. The van der Waals surface area contributed by atoms with Gasteiger partial charge in [-0.1, -0.05) is 18.2 Å². The lowest BCUT2D eigenvalue weighted by atomic mass is 10.1. The van der Waals surface area contributed by atoms with Crippen LogP contribution in [0.3, 0.4) is 0 Å². The molecule has 0 saturated carbocycles. The van der Waals surface area contributed by atoms with Crippen LogP contribution in [-0.2, 0) is 16.0 Å². The largest absolute Gasteiger partial charge is 0.331 e. The van der Waals surface area contributed by atoms with Crippen LogP contribution in [0.4, 0.5) is 11.5 Å². The SMILES string of the molecule is CC1[C@H](N)C(=O)N2c3c(ccc[n+]31)C[C@H]2C(=O)Nc1ccccc1. The Bertz CT molecular complexity index is 821. The summed E-state index contributed by atoms with van der Waals surface area (Å²) < 4.78 is 2.00. The van der Waals surface area contributed by atoms with E-state index in [4.69, 9.17) is 5.73 Å². The Morgan fingerprint density at radius 1 is 1.25 bits per heavy atom. The van der Waals surface area contributed by atoms with Gasteiger partial charge in [0.15, 0.2) is 6.04 Å². The predicted octanol–water partition coefficient (Wildman–Crippen LogP) is 0.772. The number of rotatable bonds is 2. The van der Waals surface area contributed by atoms with Crippen LogP contribution in [-0.4, -0.2) is 23.9 Å². The number of carbonyl (C=O) groups is 2. The maximum Gasteiger partial charge on any atom is 0.331 e. The highest BCUT2D eigenvalue weighted by Gasteiger charge is 2.54. The molecule has 2 aliphatic heterocycles. The number of hydrogen-bond acceptors (Lipinski definition) is 3. The first kappa shape index (κ1) is 14.8. The van der Waals surface area contributed by atoms with Gasteiger partial charge in [0.2, 0.25) is 0 Å². The van der Waals surface area contributed by atoms with E-state index in [0.29, 0.717) is 12.1 Å². The number of para-hydroxylation sites is 1. The lowest BCUT2D eigenvalue weighted by molar-refractivity contribution is -0.710. The molecule has 24 heavy (non-hydrogen) atoms. The summed E-state index contributed by atoms with van der Waals surface area (Å²) >= 11 is 0. The molecule has 1 aromatic carbocycles. The van der Waals surface area contributed by atoms with Gasteiger partial charge in [-0.2, -0.15) is 4.90 Å². The van der Waals surface area contributed by atoms with E-state index >= 15 is 0 Å². The monoisotopic (exact) mass is 323 g/mol. The van der Waals surface area contributed by atoms with Crippen LogP contribution in [0.1, 0.15) is 18.5 Å². The van der Waals surface area contributed by atoms with Crippen LogP contribution in [0.5, 0.6) is 0 Å². The summed E-state index contributed by atoms with van der Waals surface area (Å²) in [4.78, 5) is 27.1. The van der Waals surface area contributed by atoms with E-state index in [0.717, 1.165) is 11.4 Å². The number of benzene rings is 1. The topological polar surface area (TPSA) is 79.3 Å². The first-order chi connectivity index (χ1) is 11.6. The van der Waals surface area contributed by atoms with Crippen LogP contribution >= 0.6 is 0 Å². The molecule has 0 saturated heterocycles. The van der Waals surface area contributed by atoms with Gasteiger partial charge in [0.1, 0.15) is 12.1 Å². The Balaban J connectivity index is 1.70. The number of hydrogen-bond donors (Lipinski definition) is 2. The fourth-order valence-electron chi connectivity index (χ4n) is 3.53. The summed E-state index contributed by atoms with van der Waals surface area (Å²) in [6.07, 6.45) is 2.42. The van der Waals surface area contributed by atoms with Crippen molar-refractivity contribution in [2.24, 2.45) is 5.73 Å². The number of pyridine rings is 1. The number of nitrogens with two attached hydrogens (primary N) is 1. The second-order valence-corrected chi connectivity index (χ2v) is 6.31. The molecule has 0 bridgehead atoms. The minimum Gasteiger partial charge on any atom is -0.322 e. The van der Waals surface area contributed by atoms with Crippen LogP contribution in [0.25, 0.3) is 0 Å². The first-order valence-corrected chi connectivity index (χ1v) is 8.05. The van der Waals surface area contributed by atoms with Crippen molar-refractivity contribution >= 4 is 23.3 Å². The maximum atomic E-state index is 12.8. The molecule has 3 atom stereocenters. The fourth-order valence-corrected chi connectivity index (χ4v) is 3.53. The van der Waals surface area contributed by atoms with Gasteiger partial charge >= 0.3 is 5.91 Å². The number of nitrogens with one attached hydrogen (secondary N) is 1. The Kier molecular flexibility index (Phi) is 3.35. The van der Waals surface area contributed by atoms with E-state index < -0.39 is 12.1 Å². The maximum absolute atomic E-state index is 12.8. The van der Waals surface area contributed by atoms with Crippen molar-refractivity contribution in [2.45, 2.75) is 31.5 Å². The molecule has 2 aliphatic rings. The van der Waals surface area contributed by atoms with Crippen LogP contribution in [0, 0.1) is 0 Å². The average molecular weight is 323 g/mol. The van der Waals surface area contributed by atoms with Crippen molar-refractivity contribution < 1.29 is 14.2 Å². The Hall–Kier alpha value is -2.73. The number of carbonyl (C=O) groups excluding carboxylic acids is 2. The van der Waals surface area contributed by atoms with Gasteiger partial charge in [-0.3, -0.25) is 4.79 Å². The van der Waals surface area contributed by atoms with E-state index in [2.05, 4.69) is 5.32 Å². The number of anilines is 2. The highest BCUT2D eigenvalue weighted by molar-refractivity contribution is 6.08. The van der Waals surface area contributed by atoms with Gasteiger partial charge in [-0.05, 0) is 31.2 Å². The molecule has 1 unspecified atom stereocenters.